The first-order valence-corrected chi connectivity index (χ1v) is 6.19. The van der Waals surface area contributed by atoms with Crippen molar-refractivity contribution < 1.29 is 9.72 Å². The number of hydrogen-bond donors (Lipinski definition) is 1. The Morgan fingerprint density at radius 1 is 1.53 bits per heavy atom. The van der Waals surface area contributed by atoms with Gasteiger partial charge in [-0.2, -0.15) is 0 Å². The van der Waals surface area contributed by atoms with Crippen LogP contribution >= 0.6 is 11.6 Å². The Kier molecular flexibility index (Phi) is 5.57. The van der Waals surface area contributed by atoms with Crippen LogP contribution in [0.2, 0.25) is 5.02 Å². The number of hydrogen-bond acceptors (Lipinski definition) is 4. The van der Waals surface area contributed by atoms with E-state index < -0.39 is 4.92 Å². The zero-order valence-electron chi connectivity index (χ0n) is 10.9. The van der Waals surface area contributed by atoms with Crippen LogP contribution in [-0.4, -0.2) is 31.0 Å². The fourth-order valence-electron chi connectivity index (χ4n) is 1.67. The molecular weight excluding hydrogens is 270 g/mol. The largest absolute Gasteiger partial charge is 0.369 e. The van der Waals surface area contributed by atoms with Crippen LogP contribution in [0.1, 0.15) is 13.3 Å². The summed E-state index contributed by atoms with van der Waals surface area (Å²) in [5, 5.41) is 14.0. The molecule has 7 heteroatoms. The Balaban J connectivity index is 2.68. The van der Waals surface area contributed by atoms with Gasteiger partial charge < -0.3 is 10.2 Å². The molecule has 0 radical (unpaired) electrons. The lowest BCUT2D eigenvalue weighted by Gasteiger charge is -2.19. The highest BCUT2D eigenvalue weighted by Crippen LogP contribution is 2.30. The number of anilines is 1. The average Bonchev–Trinajstić information content (AvgIpc) is 2.33. The van der Waals surface area contributed by atoms with Gasteiger partial charge in [-0.05, 0) is 18.6 Å². The maximum absolute atomic E-state index is 11.0. The molecule has 0 aliphatic rings. The first-order valence-electron chi connectivity index (χ1n) is 5.81. The van der Waals surface area contributed by atoms with Crippen LogP contribution in [0.3, 0.4) is 0 Å². The fourth-order valence-corrected chi connectivity index (χ4v) is 1.83. The highest BCUT2D eigenvalue weighted by molar-refractivity contribution is 6.30. The molecule has 6 nitrogen and oxygen atoms in total. The van der Waals surface area contributed by atoms with Gasteiger partial charge in [0.05, 0.1) is 4.92 Å². The lowest BCUT2D eigenvalue weighted by molar-refractivity contribution is -0.384. The van der Waals surface area contributed by atoms with Gasteiger partial charge >= 0.3 is 0 Å². The Hall–Kier alpha value is -1.82. The maximum atomic E-state index is 11.0. The third-order valence-electron chi connectivity index (χ3n) is 2.59. The quantitative estimate of drug-likeness (QED) is 0.494. The number of carbonyl (C=O) groups is 1. The molecule has 0 heterocycles. The second-order valence-electron chi connectivity index (χ2n) is 4.15. The van der Waals surface area contributed by atoms with Gasteiger partial charge in [-0.25, -0.2) is 0 Å². The van der Waals surface area contributed by atoms with Crippen LogP contribution in [0, 0.1) is 10.1 Å². The van der Waals surface area contributed by atoms with Crippen molar-refractivity contribution >= 4 is 28.9 Å². The number of benzene rings is 1. The Bertz CT molecular complexity index is 479. The van der Waals surface area contributed by atoms with Crippen LogP contribution in [0.5, 0.6) is 0 Å². The van der Waals surface area contributed by atoms with E-state index in [0.29, 0.717) is 30.2 Å². The molecule has 1 aromatic rings. The van der Waals surface area contributed by atoms with Crippen molar-refractivity contribution in [2.24, 2.45) is 0 Å². The number of rotatable bonds is 6. The van der Waals surface area contributed by atoms with Crippen LogP contribution in [-0.2, 0) is 4.79 Å². The predicted molar refractivity (Wildman–Crippen MR) is 74.7 cm³/mol. The second-order valence-corrected chi connectivity index (χ2v) is 4.58. The topological polar surface area (TPSA) is 75.5 Å². The molecule has 1 amide bonds. The predicted octanol–water partition coefficient (Wildman–Crippen LogP) is 2.21. The first-order chi connectivity index (χ1) is 8.91. The van der Waals surface area contributed by atoms with E-state index >= 15 is 0 Å². The number of nitro groups is 1. The Morgan fingerprint density at radius 3 is 2.79 bits per heavy atom. The SMILES string of the molecule is CC(=O)NCCCN(C)c1ccc(Cl)cc1[N+](=O)[O-]. The van der Waals surface area contributed by atoms with E-state index in [1.807, 2.05) is 0 Å². The van der Waals surface area contributed by atoms with Crippen molar-refractivity contribution in [1.29, 1.82) is 0 Å². The van der Waals surface area contributed by atoms with E-state index in [1.165, 1.54) is 13.0 Å². The number of halogens is 1. The lowest BCUT2D eigenvalue weighted by Crippen LogP contribution is -2.26. The molecule has 0 aromatic heterocycles. The molecule has 0 spiro atoms. The molecule has 0 aliphatic carbocycles. The molecule has 19 heavy (non-hydrogen) atoms. The number of carbonyl (C=O) groups excluding carboxylic acids is 1. The minimum Gasteiger partial charge on any atom is -0.369 e. The number of amides is 1. The Morgan fingerprint density at radius 2 is 2.21 bits per heavy atom. The standard InChI is InChI=1S/C12H16ClN3O3/c1-9(17)14-6-3-7-15(2)11-5-4-10(13)8-12(11)16(18)19/h4-5,8H,3,6-7H2,1-2H3,(H,14,17). The highest BCUT2D eigenvalue weighted by Gasteiger charge is 2.17. The molecule has 1 rings (SSSR count). The zero-order valence-corrected chi connectivity index (χ0v) is 11.6. The molecule has 0 saturated heterocycles. The molecule has 104 valence electrons. The van der Waals surface area contributed by atoms with E-state index in [4.69, 9.17) is 11.6 Å². The van der Waals surface area contributed by atoms with Gasteiger partial charge in [-0.1, -0.05) is 11.6 Å². The van der Waals surface area contributed by atoms with Crippen LogP contribution in [0.4, 0.5) is 11.4 Å². The molecule has 0 saturated carbocycles. The summed E-state index contributed by atoms with van der Waals surface area (Å²) in [5.41, 5.74) is 0.492. The van der Waals surface area contributed by atoms with Gasteiger partial charge in [-0.15, -0.1) is 0 Å². The van der Waals surface area contributed by atoms with Gasteiger partial charge in [0.2, 0.25) is 5.91 Å². The number of nitro benzene ring substituents is 1. The summed E-state index contributed by atoms with van der Waals surface area (Å²) in [5.74, 6) is -0.0832. The van der Waals surface area contributed by atoms with Gasteiger partial charge in [0, 0.05) is 38.1 Å². The molecule has 0 fully saturated rings. The van der Waals surface area contributed by atoms with E-state index in [2.05, 4.69) is 5.32 Å². The summed E-state index contributed by atoms with van der Waals surface area (Å²) in [7, 11) is 1.77. The van der Waals surface area contributed by atoms with Crippen LogP contribution < -0.4 is 10.2 Å². The summed E-state index contributed by atoms with van der Waals surface area (Å²) in [6.07, 6.45) is 0.704. The van der Waals surface area contributed by atoms with E-state index in [1.54, 1.807) is 24.1 Å². The summed E-state index contributed by atoms with van der Waals surface area (Å²) in [4.78, 5) is 23.0. The zero-order chi connectivity index (χ0) is 14.4. The smallest absolute Gasteiger partial charge is 0.294 e. The van der Waals surface area contributed by atoms with Crippen LogP contribution in [0.15, 0.2) is 18.2 Å². The molecule has 0 bridgehead atoms. The molecule has 0 unspecified atom stereocenters. The highest BCUT2D eigenvalue weighted by atomic mass is 35.5. The molecular formula is C12H16ClN3O3. The van der Waals surface area contributed by atoms with Gasteiger partial charge in [0.15, 0.2) is 0 Å². The summed E-state index contributed by atoms with van der Waals surface area (Å²) >= 11 is 5.76. The van der Waals surface area contributed by atoms with E-state index in [9.17, 15) is 14.9 Å². The average molecular weight is 286 g/mol. The Labute approximate surface area is 116 Å². The van der Waals surface area contributed by atoms with E-state index in [0.717, 1.165) is 0 Å². The van der Waals surface area contributed by atoms with Crippen molar-refractivity contribution in [2.45, 2.75) is 13.3 Å². The lowest BCUT2D eigenvalue weighted by atomic mass is 10.2. The summed E-state index contributed by atoms with van der Waals surface area (Å²) in [6.45, 7) is 2.59. The minimum absolute atomic E-state index is 0.0190. The summed E-state index contributed by atoms with van der Waals surface area (Å²) in [6, 6.07) is 4.58. The van der Waals surface area contributed by atoms with Crippen molar-refractivity contribution in [2.75, 3.05) is 25.0 Å². The molecule has 0 aliphatic heterocycles. The number of nitrogens with one attached hydrogen (secondary N) is 1. The van der Waals surface area contributed by atoms with Gasteiger partial charge in [0.25, 0.3) is 5.69 Å². The summed E-state index contributed by atoms with van der Waals surface area (Å²) < 4.78 is 0. The van der Waals surface area contributed by atoms with Crippen LogP contribution in [0.25, 0.3) is 0 Å². The first kappa shape index (κ1) is 15.2. The van der Waals surface area contributed by atoms with E-state index in [-0.39, 0.29) is 11.6 Å². The fraction of sp³-hybridized carbons (Fsp3) is 0.417. The van der Waals surface area contributed by atoms with Crippen molar-refractivity contribution in [1.82, 2.24) is 5.32 Å². The van der Waals surface area contributed by atoms with Crippen molar-refractivity contribution in [3.63, 3.8) is 0 Å². The maximum Gasteiger partial charge on any atom is 0.294 e. The van der Waals surface area contributed by atoms with Crippen molar-refractivity contribution in [3.8, 4) is 0 Å². The molecule has 0 atom stereocenters. The molecule has 1 aromatic carbocycles. The third-order valence-corrected chi connectivity index (χ3v) is 2.82. The van der Waals surface area contributed by atoms with Gasteiger partial charge in [-0.3, -0.25) is 14.9 Å². The van der Waals surface area contributed by atoms with Crippen molar-refractivity contribution in [3.05, 3.63) is 33.3 Å². The second kappa shape index (κ2) is 6.94. The minimum atomic E-state index is -0.453. The monoisotopic (exact) mass is 285 g/mol. The third kappa shape index (κ3) is 4.75. The number of nitrogens with zero attached hydrogens (tertiary/aromatic N) is 2. The normalized spacial score (nSPS) is 10.1. The molecule has 1 N–H and O–H groups in total. The van der Waals surface area contributed by atoms with Gasteiger partial charge in [0.1, 0.15) is 5.69 Å².